The molecule has 0 aromatic rings. The van der Waals surface area contributed by atoms with Gasteiger partial charge in [-0.25, -0.2) is 0 Å². The van der Waals surface area contributed by atoms with Crippen LogP contribution in [0.15, 0.2) is 0 Å². The molecule has 2 saturated heterocycles. The Morgan fingerprint density at radius 2 is 1.40 bits per heavy atom. The van der Waals surface area contributed by atoms with Gasteiger partial charge in [-0.1, -0.05) is 13.8 Å². The molecule has 0 bridgehead atoms. The fraction of sp³-hybridized carbons (Fsp3) is 1.00. The summed E-state index contributed by atoms with van der Waals surface area (Å²) < 4.78 is 1.46. The van der Waals surface area contributed by atoms with Gasteiger partial charge < -0.3 is 4.48 Å². The summed E-state index contributed by atoms with van der Waals surface area (Å²) in [5.74, 6) is 1.87. The Morgan fingerprint density at radius 3 is 2.07 bits per heavy atom. The molecule has 2 fully saturated rings. The molecule has 0 N–H and O–H groups in total. The molecule has 0 saturated carbocycles. The molecule has 1 spiro atoms. The normalized spacial score (nSPS) is 41.4. The van der Waals surface area contributed by atoms with Crippen LogP contribution in [0.5, 0.6) is 0 Å². The maximum absolute atomic E-state index is 2.53. The highest BCUT2D eigenvalue weighted by Crippen LogP contribution is 2.35. The van der Waals surface area contributed by atoms with E-state index in [9.17, 15) is 0 Å². The smallest absolute Gasteiger partial charge is 0.0890 e. The Balaban J connectivity index is 2.15. The molecule has 2 aliphatic rings. The van der Waals surface area contributed by atoms with Crippen molar-refractivity contribution in [2.45, 2.75) is 58.9 Å². The third-order valence-corrected chi connectivity index (χ3v) is 5.49. The topological polar surface area (TPSA) is 0 Å². The Kier molecular flexibility index (Phi) is 3.39. The minimum absolute atomic E-state index is 0.905. The minimum Gasteiger partial charge on any atom is -0.321 e. The quantitative estimate of drug-likeness (QED) is 0.537. The fourth-order valence-corrected chi connectivity index (χ4v) is 3.94. The molecule has 0 amide bonds. The molecule has 0 aliphatic carbocycles. The van der Waals surface area contributed by atoms with E-state index in [0.717, 1.165) is 17.9 Å². The molecule has 1 heteroatoms. The molecule has 2 rings (SSSR count). The van der Waals surface area contributed by atoms with Crippen LogP contribution in [-0.2, 0) is 0 Å². The van der Waals surface area contributed by atoms with E-state index < -0.39 is 0 Å². The van der Waals surface area contributed by atoms with E-state index in [1.54, 1.807) is 0 Å². The average Bonchev–Trinajstić information content (AvgIpc) is 2.35. The van der Waals surface area contributed by atoms with Crippen molar-refractivity contribution in [1.82, 2.24) is 0 Å². The largest absolute Gasteiger partial charge is 0.321 e. The van der Waals surface area contributed by atoms with Crippen LogP contribution in [0.4, 0.5) is 0 Å². The molecular formula is C14H28N+. The van der Waals surface area contributed by atoms with Gasteiger partial charge >= 0.3 is 0 Å². The SMILES string of the molecule is CC1CCC[N+]2(CCCCC2)C(C)C1C. The van der Waals surface area contributed by atoms with Crippen molar-refractivity contribution >= 4 is 0 Å². The van der Waals surface area contributed by atoms with Crippen molar-refractivity contribution in [2.24, 2.45) is 11.8 Å². The van der Waals surface area contributed by atoms with E-state index in [4.69, 9.17) is 0 Å². The summed E-state index contributed by atoms with van der Waals surface area (Å²) in [7, 11) is 0. The third kappa shape index (κ3) is 2.08. The summed E-state index contributed by atoms with van der Waals surface area (Å²) in [5, 5.41) is 0. The highest BCUT2D eigenvalue weighted by atomic mass is 15.4. The summed E-state index contributed by atoms with van der Waals surface area (Å²) in [5.41, 5.74) is 0. The molecule has 15 heavy (non-hydrogen) atoms. The number of rotatable bonds is 0. The number of quaternary nitrogens is 1. The van der Waals surface area contributed by atoms with E-state index in [1.807, 2.05) is 0 Å². The van der Waals surface area contributed by atoms with E-state index in [0.29, 0.717) is 0 Å². The molecule has 0 radical (unpaired) electrons. The van der Waals surface area contributed by atoms with E-state index >= 15 is 0 Å². The molecule has 2 aliphatic heterocycles. The van der Waals surface area contributed by atoms with Gasteiger partial charge in [0.25, 0.3) is 0 Å². The van der Waals surface area contributed by atoms with E-state index in [2.05, 4.69) is 20.8 Å². The first-order valence-electron chi connectivity index (χ1n) is 7.01. The van der Waals surface area contributed by atoms with Gasteiger partial charge in [-0.15, -0.1) is 0 Å². The van der Waals surface area contributed by atoms with Crippen LogP contribution >= 0.6 is 0 Å². The van der Waals surface area contributed by atoms with Crippen molar-refractivity contribution in [3.05, 3.63) is 0 Å². The highest BCUT2D eigenvalue weighted by Gasteiger charge is 2.41. The Morgan fingerprint density at radius 1 is 0.800 bits per heavy atom. The van der Waals surface area contributed by atoms with Crippen LogP contribution in [0.2, 0.25) is 0 Å². The summed E-state index contributed by atoms with van der Waals surface area (Å²) >= 11 is 0. The maximum Gasteiger partial charge on any atom is 0.0890 e. The molecule has 88 valence electrons. The van der Waals surface area contributed by atoms with Gasteiger partial charge in [-0.3, -0.25) is 0 Å². The van der Waals surface area contributed by atoms with Gasteiger partial charge in [0, 0.05) is 5.92 Å². The summed E-state index contributed by atoms with van der Waals surface area (Å²) in [6.07, 6.45) is 7.37. The Hall–Kier alpha value is -0.0400. The number of hydrogen-bond donors (Lipinski definition) is 0. The predicted molar refractivity (Wildman–Crippen MR) is 65.7 cm³/mol. The lowest BCUT2D eigenvalue weighted by Gasteiger charge is -2.47. The van der Waals surface area contributed by atoms with E-state index in [-0.39, 0.29) is 0 Å². The molecule has 3 atom stereocenters. The Labute approximate surface area is 95.4 Å². The lowest BCUT2D eigenvalue weighted by atomic mass is 9.86. The molecule has 0 aromatic heterocycles. The van der Waals surface area contributed by atoms with Gasteiger partial charge in [0.2, 0.25) is 0 Å². The number of nitrogens with zero attached hydrogens (tertiary/aromatic N) is 1. The third-order valence-electron chi connectivity index (χ3n) is 5.49. The fourth-order valence-electron chi connectivity index (χ4n) is 3.94. The second-order valence-corrected chi connectivity index (χ2v) is 6.17. The van der Waals surface area contributed by atoms with Crippen LogP contribution in [0, 0.1) is 11.8 Å². The summed E-state index contributed by atoms with van der Waals surface area (Å²) in [6.45, 7) is 11.9. The van der Waals surface area contributed by atoms with Crippen LogP contribution in [0.25, 0.3) is 0 Å². The zero-order valence-electron chi connectivity index (χ0n) is 10.8. The van der Waals surface area contributed by atoms with Gasteiger partial charge in [-0.05, 0) is 44.9 Å². The lowest BCUT2D eigenvalue weighted by molar-refractivity contribution is -0.956. The monoisotopic (exact) mass is 210 g/mol. The molecule has 2 heterocycles. The van der Waals surface area contributed by atoms with Crippen molar-refractivity contribution in [3.63, 3.8) is 0 Å². The van der Waals surface area contributed by atoms with Crippen LogP contribution < -0.4 is 0 Å². The van der Waals surface area contributed by atoms with Gasteiger partial charge in [-0.2, -0.15) is 0 Å². The van der Waals surface area contributed by atoms with Crippen molar-refractivity contribution in [3.8, 4) is 0 Å². The number of hydrogen-bond acceptors (Lipinski definition) is 0. The Bertz CT molecular complexity index is 205. The zero-order chi connectivity index (χ0) is 10.9. The first-order valence-corrected chi connectivity index (χ1v) is 7.01. The van der Waals surface area contributed by atoms with Crippen LogP contribution in [0.1, 0.15) is 52.9 Å². The first kappa shape index (κ1) is 11.4. The van der Waals surface area contributed by atoms with Crippen molar-refractivity contribution in [2.75, 3.05) is 19.6 Å². The second kappa shape index (κ2) is 4.45. The predicted octanol–water partition coefficient (Wildman–Crippen LogP) is 3.44. The second-order valence-electron chi connectivity index (χ2n) is 6.17. The molecule has 0 aromatic carbocycles. The molecule has 3 unspecified atom stereocenters. The standard InChI is InChI=1S/C14H28N/c1-12-8-7-11-15(14(3)13(12)2)9-5-4-6-10-15/h12-14H,4-11H2,1-3H3/q+1. The van der Waals surface area contributed by atoms with E-state index in [1.165, 1.54) is 56.2 Å². The van der Waals surface area contributed by atoms with Crippen LogP contribution in [-0.4, -0.2) is 30.2 Å². The van der Waals surface area contributed by atoms with Gasteiger partial charge in [0.15, 0.2) is 0 Å². The molecule has 1 nitrogen and oxygen atoms in total. The maximum atomic E-state index is 2.53. The molecular weight excluding hydrogens is 182 g/mol. The van der Waals surface area contributed by atoms with Crippen molar-refractivity contribution in [1.29, 1.82) is 0 Å². The highest BCUT2D eigenvalue weighted by molar-refractivity contribution is 4.75. The average molecular weight is 210 g/mol. The van der Waals surface area contributed by atoms with Gasteiger partial charge in [0.1, 0.15) is 0 Å². The zero-order valence-corrected chi connectivity index (χ0v) is 10.8. The number of piperidine rings is 1. The minimum atomic E-state index is 0.905. The van der Waals surface area contributed by atoms with Crippen molar-refractivity contribution < 1.29 is 4.48 Å². The summed E-state index contributed by atoms with van der Waals surface area (Å²) in [6, 6.07) is 0.905. The first-order chi connectivity index (χ1) is 7.16. The van der Waals surface area contributed by atoms with Crippen LogP contribution in [0.3, 0.4) is 0 Å². The lowest BCUT2D eigenvalue weighted by Crippen LogP contribution is -2.59. The summed E-state index contributed by atoms with van der Waals surface area (Å²) in [4.78, 5) is 0. The van der Waals surface area contributed by atoms with Gasteiger partial charge in [0.05, 0.1) is 25.7 Å².